The van der Waals surface area contributed by atoms with Crippen LogP contribution in [0.5, 0.6) is 0 Å². The highest BCUT2D eigenvalue weighted by Crippen LogP contribution is 2.44. The van der Waals surface area contributed by atoms with Crippen molar-refractivity contribution in [2.45, 2.75) is 85.7 Å². The average molecular weight is 317 g/mol. The maximum atomic E-state index is 4.78. The van der Waals surface area contributed by atoms with Crippen LogP contribution in [0, 0.1) is 18.8 Å². The summed E-state index contributed by atoms with van der Waals surface area (Å²) in [6.45, 7) is 18.8. The molecule has 1 aromatic heterocycles. The highest BCUT2D eigenvalue weighted by atomic mass is 15.2. The molecule has 1 aliphatic heterocycles. The van der Waals surface area contributed by atoms with Crippen LogP contribution in [0.4, 0.5) is 0 Å². The zero-order valence-electron chi connectivity index (χ0n) is 16.6. The molecule has 2 heterocycles. The Morgan fingerprint density at radius 1 is 1.09 bits per heavy atom. The molecule has 23 heavy (non-hydrogen) atoms. The Morgan fingerprint density at radius 2 is 1.70 bits per heavy atom. The van der Waals surface area contributed by atoms with Crippen LogP contribution in [0.2, 0.25) is 0 Å². The highest BCUT2D eigenvalue weighted by Gasteiger charge is 2.35. The van der Waals surface area contributed by atoms with Crippen LogP contribution in [0.1, 0.15) is 95.1 Å². The zero-order valence-corrected chi connectivity index (χ0v) is 16.6. The van der Waals surface area contributed by atoms with Crippen LogP contribution < -0.4 is 0 Å². The second-order valence-corrected chi connectivity index (χ2v) is 8.43. The Hall–Kier alpha value is -0.890. The van der Waals surface area contributed by atoms with E-state index in [-0.39, 0.29) is 0 Å². The van der Waals surface area contributed by atoms with Gasteiger partial charge in [-0.1, -0.05) is 34.6 Å². The Labute approximate surface area is 143 Å². The van der Waals surface area contributed by atoms with Crippen LogP contribution in [0.25, 0.3) is 0 Å². The van der Waals surface area contributed by atoms with Gasteiger partial charge in [-0.3, -0.25) is 9.88 Å². The first-order valence-corrected chi connectivity index (χ1v) is 9.37. The Kier molecular flexibility index (Phi) is 5.56. The standard InChI is InChI=1S/C21H36N2/c1-12(2)18-10-14(5)16(7)23(9)17(8)20-15(6)22-11-19(13(3)4)21(18)20/h11-14,16-18H,10H2,1-9H3/t14-,16-,17+,18?/m0/s1. The lowest BCUT2D eigenvalue weighted by Crippen LogP contribution is -2.40. The molecule has 4 atom stereocenters. The third kappa shape index (κ3) is 3.33. The van der Waals surface area contributed by atoms with E-state index in [4.69, 9.17) is 4.98 Å². The van der Waals surface area contributed by atoms with Gasteiger partial charge in [0.1, 0.15) is 0 Å². The Morgan fingerprint density at radius 3 is 2.22 bits per heavy atom. The van der Waals surface area contributed by atoms with Gasteiger partial charge < -0.3 is 0 Å². The SMILES string of the molecule is Cc1ncc(C(C)C)c2c1[C@@H](C)N(C)[C@@H](C)[C@@H](C)CC2C(C)C. The summed E-state index contributed by atoms with van der Waals surface area (Å²) < 4.78 is 0. The van der Waals surface area contributed by atoms with E-state index in [2.05, 4.69) is 73.5 Å². The molecule has 0 spiro atoms. The number of nitrogens with zero attached hydrogens (tertiary/aromatic N) is 2. The highest BCUT2D eigenvalue weighted by molar-refractivity contribution is 5.43. The van der Waals surface area contributed by atoms with Crippen molar-refractivity contribution >= 4 is 0 Å². The first kappa shape index (κ1) is 18.4. The van der Waals surface area contributed by atoms with E-state index in [9.17, 15) is 0 Å². The molecule has 0 aliphatic carbocycles. The summed E-state index contributed by atoms with van der Waals surface area (Å²) in [5.41, 5.74) is 5.79. The van der Waals surface area contributed by atoms with Gasteiger partial charge in [0.05, 0.1) is 0 Å². The largest absolute Gasteiger partial charge is 0.297 e. The molecule has 2 heteroatoms. The Balaban J connectivity index is 2.76. The molecule has 1 unspecified atom stereocenters. The predicted octanol–water partition coefficient (Wildman–Crippen LogP) is 5.67. The van der Waals surface area contributed by atoms with Crippen LogP contribution in [-0.4, -0.2) is 23.0 Å². The van der Waals surface area contributed by atoms with E-state index >= 15 is 0 Å². The monoisotopic (exact) mass is 316 g/mol. The summed E-state index contributed by atoms with van der Waals surface area (Å²) in [4.78, 5) is 7.34. The first-order valence-electron chi connectivity index (χ1n) is 9.37. The molecule has 0 saturated carbocycles. The summed E-state index contributed by atoms with van der Waals surface area (Å²) in [5, 5.41) is 0. The van der Waals surface area contributed by atoms with Gasteiger partial charge in [0.2, 0.25) is 0 Å². The zero-order chi connectivity index (χ0) is 17.5. The molecule has 0 fully saturated rings. The number of rotatable bonds is 2. The molecule has 2 nitrogen and oxygen atoms in total. The van der Waals surface area contributed by atoms with Gasteiger partial charge in [-0.25, -0.2) is 0 Å². The first-order chi connectivity index (χ1) is 10.7. The van der Waals surface area contributed by atoms with Crippen LogP contribution in [0.15, 0.2) is 6.20 Å². The second kappa shape index (κ2) is 6.93. The normalized spacial score (nSPS) is 29.5. The van der Waals surface area contributed by atoms with Crippen molar-refractivity contribution in [1.29, 1.82) is 0 Å². The number of hydrogen-bond acceptors (Lipinski definition) is 2. The van der Waals surface area contributed by atoms with Crippen molar-refractivity contribution in [3.8, 4) is 0 Å². The number of pyridine rings is 1. The number of aryl methyl sites for hydroxylation is 1. The van der Waals surface area contributed by atoms with E-state index in [1.807, 2.05) is 0 Å². The number of hydrogen-bond donors (Lipinski definition) is 0. The second-order valence-electron chi connectivity index (χ2n) is 8.43. The molecule has 0 radical (unpaired) electrons. The predicted molar refractivity (Wildman–Crippen MR) is 100 cm³/mol. The third-order valence-electron chi connectivity index (χ3n) is 6.31. The fourth-order valence-electron chi connectivity index (χ4n) is 4.34. The quantitative estimate of drug-likeness (QED) is 0.698. The molecule has 0 bridgehead atoms. The minimum atomic E-state index is 0.426. The molecule has 1 aromatic rings. The van der Waals surface area contributed by atoms with Gasteiger partial charge in [-0.15, -0.1) is 0 Å². The van der Waals surface area contributed by atoms with Crippen LogP contribution in [0.3, 0.4) is 0 Å². The summed E-state index contributed by atoms with van der Waals surface area (Å²) in [5.74, 6) is 2.54. The lowest BCUT2D eigenvalue weighted by atomic mass is 9.72. The molecule has 0 aromatic carbocycles. The lowest BCUT2D eigenvalue weighted by molar-refractivity contribution is 0.128. The van der Waals surface area contributed by atoms with Crippen molar-refractivity contribution in [1.82, 2.24) is 9.88 Å². The molecular formula is C21H36N2. The van der Waals surface area contributed by atoms with Crippen molar-refractivity contribution in [3.63, 3.8) is 0 Å². The van der Waals surface area contributed by atoms with Gasteiger partial charge in [0.25, 0.3) is 0 Å². The van der Waals surface area contributed by atoms with Gasteiger partial charge in [-0.2, -0.15) is 0 Å². The van der Waals surface area contributed by atoms with E-state index in [0.29, 0.717) is 35.8 Å². The van der Waals surface area contributed by atoms with Crippen LogP contribution >= 0.6 is 0 Å². The minimum absolute atomic E-state index is 0.426. The topological polar surface area (TPSA) is 16.1 Å². The minimum Gasteiger partial charge on any atom is -0.297 e. The van der Waals surface area contributed by atoms with E-state index in [0.717, 1.165) is 0 Å². The van der Waals surface area contributed by atoms with Crippen molar-refractivity contribution in [2.75, 3.05) is 7.05 Å². The number of aromatic nitrogens is 1. The van der Waals surface area contributed by atoms with Gasteiger partial charge in [0.15, 0.2) is 0 Å². The van der Waals surface area contributed by atoms with Crippen molar-refractivity contribution in [2.24, 2.45) is 11.8 Å². The molecule has 0 amide bonds. The maximum Gasteiger partial charge on any atom is 0.0423 e. The van der Waals surface area contributed by atoms with E-state index < -0.39 is 0 Å². The van der Waals surface area contributed by atoms with Crippen molar-refractivity contribution in [3.05, 3.63) is 28.6 Å². The molecular weight excluding hydrogens is 280 g/mol. The Bertz CT molecular complexity index is 547. The summed E-state index contributed by atoms with van der Waals surface area (Å²) in [6.07, 6.45) is 3.42. The summed E-state index contributed by atoms with van der Waals surface area (Å²) in [6, 6.07) is 1.02. The number of fused-ring (bicyclic) bond motifs is 1. The molecule has 2 rings (SSSR count). The summed E-state index contributed by atoms with van der Waals surface area (Å²) in [7, 11) is 2.28. The fraction of sp³-hybridized carbons (Fsp3) is 0.762. The van der Waals surface area contributed by atoms with Gasteiger partial charge in [0, 0.05) is 24.0 Å². The van der Waals surface area contributed by atoms with Gasteiger partial charge in [-0.05, 0) is 74.6 Å². The fourth-order valence-corrected chi connectivity index (χ4v) is 4.34. The van der Waals surface area contributed by atoms with E-state index in [1.54, 1.807) is 5.56 Å². The summed E-state index contributed by atoms with van der Waals surface area (Å²) >= 11 is 0. The van der Waals surface area contributed by atoms with E-state index in [1.165, 1.54) is 23.2 Å². The average Bonchev–Trinajstić information content (AvgIpc) is 2.48. The molecule has 0 N–H and O–H groups in total. The smallest absolute Gasteiger partial charge is 0.0423 e. The maximum absolute atomic E-state index is 4.78. The molecule has 0 saturated heterocycles. The van der Waals surface area contributed by atoms with Gasteiger partial charge >= 0.3 is 0 Å². The van der Waals surface area contributed by atoms with Crippen LogP contribution in [-0.2, 0) is 0 Å². The third-order valence-corrected chi connectivity index (χ3v) is 6.31. The molecule has 1 aliphatic rings. The lowest BCUT2D eigenvalue weighted by Gasteiger charge is -2.43. The molecule has 130 valence electrons. The van der Waals surface area contributed by atoms with Crippen molar-refractivity contribution < 1.29 is 0 Å².